The summed E-state index contributed by atoms with van der Waals surface area (Å²) >= 11 is 0. The molecule has 0 aliphatic carbocycles. The molecule has 3 aromatic rings. The Morgan fingerprint density at radius 2 is 1.88 bits per heavy atom. The maximum Gasteiger partial charge on any atom is 0.255 e. The van der Waals surface area contributed by atoms with Gasteiger partial charge < -0.3 is 20.1 Å². The first kappa shape index (κ1) is 14.9. The second-order valence-electron chi connectivity index (χ2n) is 5.17. The molecule has 1 amide bonds. The predicted molar refractivity (Wildman–Crippen MR) is 90.1 cm³/mol. The standard InChI is InChI=1S/C17H13N5O3/c23-17(21-12-1-2-13-14(8-12)25-10-24-13)11-3-6-19-16(7-11)22-15-4-5-18-9-20-15/h1-9H,10H2,(H,21,23)(H,18,19,20,22). The van der Waals surface area contributed by atoms with E-state index >= 15 is 0 Å². The van der Waals surface area contributed by atoms with Crippen molar-refractivity contribution in [2.75, 3.05) is 17.4 Å². The fourth-order valence-electron chi connectivity index (χ4n) is 2.31. The number of carbonyl (C=O) groups excluding carboxylic acids is 1. The molecule has 2 N–H and O–H groups in total. The fraction of sp³-hybridized carbons (Fsp3) is 0.0588. The van der Waals surface area contributed by atoms with Gasteiger partial charge in [-0.3, -0.25) is 4.79 Å². The highest BCUT2D eigenvalue weighted by Gasteiger charge is 2.15. The topological polar surface area (TPSA) is 98.3 Å². The van der Waals surface area contributed by atoms with E-state index in [0.717, 1.165) is 0 Å². The molecule has 8 heteroatoms. The zero-order chi connectivity index (χ0) is 17.1. The first-order valence-electron chi connectivity index (χ1n) is 7.48. The molecule has 0 spiro atoms. The van der Waals surface area contributed by atoms with E-state index in [1.807, 2.05) is 0 Å². The van der Waals surface area contributed by atoms with Crippen molar-refractivity contribution in [3.8, 4) is 11.5 Å². The Bertz CT molecular complexity index is 917. The Morgan fingerprint density at radius 3 is 2.76 bits per heavy atom. The number of ether oxygens (including phenoxy) is 2. The molecule has 124 valence electrons. The molecule has 0 bridgehead atoms. The fourth-order valence-corrected chi connectivity index (χ4v) is 2.31. The summed E-state index contributed by atoms with van der Waals surface area (Å²) in [5.74, 6) is 2.12. The number of amides is 1. The number of benzene rings is 1. The van der Waals surface area contributed by atoms with Gasteiger partial charge in [-0.15, -0.1) is 0 Å². The van der Waals surface area contributed by atoms with Crippen LogP contribution in [0.4, 0.5) is 17.3 Å². The summed E-state index contributed by atoms with van der Waals surface area (Å²) in [6.07, 6.45) is 4.60. The van der Waals surface area contributed by atoms with Crippen molar-refractivity contribution >= 4 is 23.2 Å². The van der Waals surface area contributed by atoms with Crippen LogP contribution in [0.3, 0.4) is 0 Å². The molecular formula is C17H13N5O3. The molecule has 0 fully saturated rings. The van der Waals surface area contributed by atoms with Crippen LogP contribution in [0.1, 0.15) is 10.4 Å². The Kier molecular flexibility index (Phi) is 3.83. The van der Waals surface area contributed by atoms with Gasteiger partial charge in [0.05, 0.1) is 0 Å². The second kappa shape index (κ2) is 6.44. The summed E-state index contributed by atoms with van der Waals surface area (Å²) in [6, 6.07) is 10.2. The zero-order valence-corrected chi connectivity index (χ0v) is 13.0. The maximum atomic E-state index is 12.5. The van der Waals surface area contributed by atoms with Crippen LogP contribution >= 0.6 is 0 Å². The summed E-state index contributed by atoms with van der Waals surface area (Å²) < 4.78 is 10.6. The number of hydrogen-bond acceptors (Lipinski definition) is 7. The smallest absolute Gasteiger partial charge is 0.255 e. The van der Waals surface area contributed by atoms with Crippen LogP contribution in [0.25, 0.3) is 0 Å². The van der Waals surface area contributed by atoms with Crippen LogP contribution in [0, 0.1) is 0 Å². The van der Waals surface area contributed by atoms with Crippen LogP contribution in [0.5, 0.6) is 11.5 Å². The van der Waals surface area contributed by atoms with E-state index in [2.05, 4.69) is 25.6 Å². The van der Waals surface area contributed by atoms with Crippen molar-refractivity contribution < 1.29 is 14.3 Å². The minimum absolute atomic E-state index is 0.190. The highest BCUT2D eigenvalue weighted by Crippen LogP contribution is 2.34. The molecule has 1 aliphatic rings. The number of rotatable bonds is 4. The van der Waals surface area contributed by atoms with Gasteiger partial charge in [0.1, 0.15) is 18.0 Å². The Morgan fingerprint density at radius 1 is 0.960 bits per heavy atom. The lowest BCUT2D eigenvalue weighted by Crippen LogP contribution is -2.12. The molecule has 0 saturated heterocycles. The van der Waals surface area contributed by atoms with Gasteiger partial charge in [0.15, 0.2) is 11.5 Å². The van der Waals surface area contributed by atoms with Gasteiger partial charge in [-0.1, -0.05) is 0 Å². The molecule has 2 aromatic heterocycles. The number of hydrogen-bond donors (Lipinski definition) is 2. The van der Waals surface area contributed by atoms with Crippen molar-refractivity contribution in [2.45, 2.75) is 0 Å². The normalized spacial score (nSPS) is 11.8. The quantitative estimate of drug-likeness (QED) is 0.756. The molecule has 0 radical (unpaired) electrons. The summed E-state index contributed by atoms with van der Waals surface area (Å²) in [6.45, 7) is 0.190. The summed E-state index contributed by atoms with van der Waals surface area (Å²) in [4.78, 5) is 24.5. The van der Waals surface area contributed by atoms with Crippen LogP contribution in [-0.4, -0.2) is 27.7 Å². The number of aromatic nitrogens is 3. The Labute approximate surface area is 142 Å². The van der Waals surface area contributed by atoms with E-state index in [4.69, 9.17) is 9.47 Å². The van der Waals surface area contributed by atoms with Crippen molar-refractivity contribution in [1.82, 2.24) is 15.0 Å². The third-order valence-corrected chi connectivity index (χ3v) is 3.49. The lowest BCUT2D eigenvalue weighted by atomic mass is 10.2. The van der Waals surface area contributed by atoms with E-state index < -0.39 is 0 Å². The van der Waals surface area contributed by atoms with Crippen LogP contribution < -0.4 is 20.1 Å². The maximum absolute atomic E-state index is 12.5. The van der Waals surface area contributed by atoms with Crippen LogP contribution in [0.15, 0.2) is 55.1 Å². The predicted octanol–water partition coefficient (Wildman–Crippen LogP) is 2.60. The number of carbonyl (C=O) groups is 1. The lowest BCUT2D eigenvalue weighted by molar-refractivity contribution is 0.102. The highest BCUT2D eigenvalue weighted by molar-refractivity contribution is 6.04. The summed E-state index contributed by atoms with van der Waals surface area (Å²) in [7, 11) is 0. The average molecular weight is 335 g/mol. The number of nitrogens with zero attached hydrogens (tertiary/aromatic N) is 3. The first-order chi connectivity index (χ1) is 12.3. The molecular weight excluding hydrogens is 322 g/mol. The van der Waals surface area contributed by atoms with E-state index in [-0.39, 0.29) is 12.7 Å². The number of anilines is 3. The largest absolute Gasteiger partial charge is 0.454 e. The Hall–Kier alpha value is -3.68. The van der Waals surface area contributed by atoms with E-state index in [0.29, 0.717) is 34.4 Å². The van der Waals surface area contributed by atoms with Crippen molar-refractivity contribution in [1.29, 1.82) is 0 Å². The molecule has 8 nitrogen and oxygen atoms in total. The van der Waals surface area contributed by atoms with E-state index in [1.165, 1.54) is 6.33 Å². The zero-order valence-electron chi connectivity index (χ0n) is 13.0. The average Bonchev–Trinajstić information content (AvgIpc) is 3.10. The van der Waals surface area contributed by atoms with Crippen molar-refractivity contribution in [3.05, 3.63) is 60.7 Å². The number of nitrogens with one attached hydrogen (secondary N) is 2. The number of fused-ring (bicyclic) bond motifs is 1. The van der Waals surface area contributed by atoms with Gasteiger partial charge in [-0.2, -0.15) is 0 Å². The monoisotopic (exact) mass is 335 g/mol. The van der Waals surface area contributed by atoms with Gasteiger partial charge in [0.25, 0.3) is 5.91 Å². The lowest BCUT2D eigenvalue weighted by Gasteiger charge is -2.08. The minimum atomic E-state index is -0.257. The minimum Gasteiger partial charge on any atom is -0.454 e. The van der Waals surface area contributed by atoms with Gasteiger partial charge >= 0.3 is 0 Å². The summed E-state index contributed by atoms with van der Waals surface area (Å²) in [5, 5.41) is 5.84. The van der Waals surface area contributed by atoms with Gasteiger partial charge in [-0.05, 0) is 30.3 Å². The van der Waals surface area contributed by atoms with Crippen LogP contribution in [0.2, 0.25) is 0 Å². The van der Waals surface area contributed by atoms with Crippen LogP contribution in [-0.2, 0) is 0 Å². The third kappa shape index (κ3) is 3.32. The second-order valence-corrected chi connectivity index (χ2v) is 5.17. The molecule has 1 aromatic carbocycles. The van der Waals surface area contributed by atoms with E-state index in [9.17, 15) is 4.79 Å². The molecule has 0 saturated carbocycles. The molecule has 1 aliphatic heterocycles. The van der Waals surface area contributed by atoms with Gasteiger partial charge in [0, 0.05) is 29.7 Å². The Balaban J connectivity index is 1.49. The molecule has 3 heterocycles. The first-order valence-corrected chi connectivity index (χ1v) is 7.48. The molecule has 25 heavy (non-hydrogen) atoms. The SMILES string of the molecule is O=C(Nc1ccc2c(c1)OCO2)c1ccnc(Nc2ccncn2)c1. The molecule has 0 atom stereocenters. The van der Waals surface area contributed by atoms with Gasteiger partial charge in [0.2, 0.25) is 6.79 Å². The molecule has 0 unspecified atom stereocenters. The van der Waals surface area contributed by atoms with Crippen molar-refractivity contribution in [2.24, 2.45) is 0 Å². The molecule has 4 rings (SSSR count). The highest BCUT2D eigenvalue weighted by atomic mass is 16.7. The van der Waals surface area contributed by atoms with Gasteiger partial charge in [-0.25, -0.2) is 15.0 Å². The van der Waals surface area contributed by atoms with E-state index in [1.54, 1.807) is 48.8 Å². The van der Waals surface area contributed by atoms with Crippen molar-refractivity contribution in [3.63, 3.8) is 0 Å². The number of pyridine rings is 1. The third-order valence-electron chi connectivity index (χ3n) is 3.49. The summed E-state index contributed by atoms with van der Waals surface area (Å²) in [5.41, 5.74) is 1.08.